The molecule has 0 saturated heterocycles. The molecule has 0 aliphatic carbocycles. The summed E-state index contributed by atoms with van der Waals surface area (Å²) in [6, 6.07) is 16.9. The lowest BCUT2D eigenvalue weighted by Crippen LogP contribution is -2.01. The maximum absolute atomic E-state index is 12.9. The first-order valence-corrected chi connectivity index (χ1v) is 5.40. The second kappa shape index (κ2) is 5.12. The van der Waals surface area contributed by atoms with Gasteiger partial charge in [0.25, 0.3) is 0 Å². The predicted molar refractivity (Wildman–Crippen MR) is 65.0 cm³/mol. The fourth-order valence-electron chi connectivity index (χ4n) is 1.83. The van der Waals surface area contributed by atoms with E-state index in [-0.39, 0.29) is 5.82 Å². The third-order valence-corrected chi connectivity index (χ3v) is 2.72. The van der Waals surface area contributed by atoms with Crippen molar-refractivity contribution in [1.29, 1.82) is 10.5 Å². The molecule has 18 heavy (non-hydrogen) atoms. The summed E-state index contributed by atoms with van der Waals surface area (Å²) in [6.45, 7) is 0. The third-order valence-electron chi connectivity index (χ3n) is 2.72. The Bertz CT molecular complexity index is 633. The van der Waals surface area contributed by atoms with Gasteiger partial charge in [0.1, 0.15) is 5.82 Å². The van der Waals surface area contributed by atoms with Crippen molar-refractivity contribution in [2.45, 2.75) is 5.92 Å². The Morgan fingerprint density at radius 3 is 2.22 bits per heavy atom. The zero-order valence-electron chi connectivity index (χ0n) is 9.47. The van der Waals surface area contributed by atoms with E-state index in [1.54, 1.807) is 36.4 Å². The molecule has 2 aromatic carbocycles. The van der Waals surface area contributed by atoms with Crippen LogP contribution in [0.3, 0.4) is 0 Å². The monoisotopic (exact) mass is 236 g/mol. The van der Waals surface area contributed by atoms with Crippen LogP contribution in [0.25, 0.3) is 0 Å². The van der Waals surface area contributed by atoms with E-state index in [1.165, 1.54) is 12.1 Å². The molecule has 0 spiro atoms. The van der Waals surface area contributed by atoms with Gasteiger partial charge in [0.15, 0.2) is 0 Å². The van der Waals surface area contributed by atoms with Gasteiger partial charge in [-0.05, 0) is 29.3 Å². The van der Waals surface area contributed by atoms with Crippen molar-refractivity contribution in [3.63, 3.8) is 0 Å². The predicted octanol–water partition coefficient (Wildman–Crippen LogP) is 3.35. The highest BCUT2D eigenvalue weighted by Gasteiger charge is 2.16. The zero-order valence-corrected chi connectivity index (χ0v) is 9.47. The molecule has 0 aliphatic rings. The fraction of sp³-hybridized carbons (Fsp3) is 0.0667. The van der Waals surface area contributed by atoms with E-state index in [2.05, 4.69) is 12.1 Å². The van der Waals surface area contributed by atoms with Crippen molar-refractivity contribution < 1.29 is 4.39 Å². The fourth-order valence-corrected chi connectivity index (χ4v) is 1.83. The summed E-state index contributed by atoms with van der Waals surface area (Å²) in [4.78, 5) is 0. The smallest absolute Gasteiger partial charge is 0.123 e. The molecule has 0 radical (unpaired) electrons. The van der Waals surface area contributed by atoms with Gasteiger partial charge in [0.05, 0.1) is 23.6 Å². The molecule has 0 N–H and O–H groups in total. The third kappa shape index (κ3) is 2.21. The van der Waals surface area contributed by atoms with Crippen molar-refractivity contribution in [2.75, 3.05) is 0 Å². The van der Waals surface area contributed by atoms with E-state index in [4.69, 9.17) is 5.26 Å². The first-order chi connectivity index (χ1) is 8.76. The average Bonchev–Trinajstić information content (AvgIpc) is 2.42. The van der Waals surface area contributed by atoms with Crippen LogP contribution < -0.4 is 0 Å². The van der Waals surface area contributed by atoms with Crippen molar-refractivity contribution in [1.82, 2.24) is 0 Å². The van der Waals surface area contributed by atoms with Gasteiger partial charge >= 0.3 is 0 Å². The minimum atomic E-state index is -0.554. The van der Waals surface area contributed by atoms with E-state index in [9.17, 15) is 9.65 Å². The van der Waals surface area contributed by atoms with Crippen molar-refractivity contribution in [3.8, 4) is 12.1 Å². The zero-order chi connectivity index (χ0) is 13.0. The van der Waals surface area contributed by atoms with E-state index in [0.717, 1.165) is 0 Å². The second-order valence-corrected chi connectivity index (χ2v) is 3.81. The van der Waals surface area contributed by atoms with Gasteiger partial charge in [-0.2, -0.15) is 10.5 Å². The minimum absolute atomic E-state index is 0.344. The largest absolute Gasteiger partial charge is 0.207 e. The van der Waals surface area contributed by atoms with Crippen LogP contribution in [0.15, 0.2) is 48.5 Å². The number of rotatable bonds is 2. The molecule has 0 fully saturated rings. The first-order valence-electron chi connectivity index (χ1n) is 5.40. The number of hydrogen-bond acceptors (Lipinski definition) is 2. The minimum Gasteiger partial charge on any atom is -0.207 e. The second-order valence-electron chi connectivity index (χ2n) is 3.81. The highest BCUT2D eigenvalue weighted by Crippen LogP contribution is 2.26. The number of halogens is 1. The summed E-state index contributed by atoms with van der Waals surface area (Å²) in [6.07, 6.45) is 0. The molecule has 0 bridgehead atoms. The maximum Gasteiger partial charge on any atom is 0.123 e. The molecule has 0 amide bonds. The van der Waals surface area contributed by atoms with Crippen LogP contribution in [0.2, 0.25) is 0 Å². The van der Waals surface area contributed by atoms with Crippen LogP contribution in [0.5, 0.6) is 0 Å². The summed E-state index contributed by atoms with van der Waals surface area (Å²) in [7, 11) is 0. The van der Waals surface area contributed by atoms with E-state index < -0.39 is 5.92 Å². The number of benzene rings is 2. The Kier molecular flexibility index (Phi) is 3.36. The number of nitrogens with zero attached hydrogens (tertiary/aromatic N) is 2. The molecular weight excluding hydrogens is 227 g/mol. The van der Waals surface area contributed by atoms with Crippen LogP contribution in [0.1, 0.15) is 22.6 Å². The van der Waals surface area contributed by atoms with Crippen LogP contribution in [-0.4, -0.2) is 0 Å². The summed E-state index contributed by atoms with van der Waals surface area (Å²) in [5.74, 6) is -0.898. The Morgan fingerprint density at radius 1 is 0.944 bits per heavy atom. The molecule has 0 heterocycles. The SMILES string of the molecule is N#Cc1ccccc1[C@@H](C#N)c1ccc(F)cc1. The standard InChI is InChI=1S/C15H9FN2/c16-13-7-5-11(6-8-13)15(10-18)14-4-2-1-3-12(14)9-17/h1-8,15H/t15-/m0/s1. The summed E-state index contributed by atoms with van der Waals surface area (Å²) >= 11 is 0. The van der Waals surface area contributed by atoms with E-state index in [1.807, 2.05) is 0 Å². The van der Waals surface area contributed by atoms with Crippen LogP contribution in [0.4, 0.5) is 4.39 Å². The van der Waals surface area contributed by atoms with Crippen molar-refractivity contribution >= 4 is 0 Å². The lowest BCUT2D eigenvalue weighted by atomic mass is 9.89. The van der Waals surface area contributed by atoms with Gasteiger partial charge in [-0.15, -0.1) is 0 Å². The molecule has 0 aliphatic heterocycles. The molecule has 2 rings (SSSR count). The van der Waals surface area contributed by atoms with E-state index >= 15 is 0 Å². The van der Waals surface area contributed by atoms with Crippen LogP contribution in [-0.2, 0) is 0 Å². The molecule has 1 atom stereocenters. The van der Waals surface area contributed by atoms with Crippen LogP contribution >= 0.6 is 0 Å². The molecule has 86 valence electrons. The van der Waals surface area contributed by atoms with E-state index in [0.29, 0.717) is 16.7 Å². The number of nitriles is 2. The molecule has 0 saturated carbocycles. The Hall–Kier alpha value is -2.65. The van der Waals surface area contributed by atoms with Gasteiger partial charge in [0.2, 0.25) is 0 Å². The Balaban J connectivity index is 2.50. The summed E-state index contributed by atoms with van der Waals surface area (Å²) in [5, 5.41) is 18.3. The molecule has 0 aromatic heterocycles. The maximum atomic E-state index is 12.9. The molecular formula is C15H9FN2. The van der Waals surface area contributed by atoms with Gasteiger partial charge < -0.3 is 0 Å². The Labute approximate surface area is 105 Å². The van der Waals surface area contributed by atoms with Gasteiger partial charge in [-0.1, -0.05) is 30.3 Å². The van der Waals surface area contributed by atoms with Crippen LogP contribution in [0, 0.1) is 28.5 Å². The molecule has 2 nitrogen and oxygen atoms in total. The lowest BCUT2D eigenvalue weighted by molar-refractivity contribution is 0.627. The first kappa shape index (κ1) is 11.8. The van der Waals surface area contributed by atoms with Crippen molar-refractivity contribution in [2.24, 2.45) is 0 Å². The quantitative estimate of drug-likeness (QED) is 0.802. The highest BCUT2D eigenvalue weighted by atomic mass is 19.1. The lowest BCUT2D eigenvalue weighted by Gasteiger charge is -2.11. The topological polar surface area (TPSA) is 47.6 Å². The molecule has 0 unspecified atom stereocenters. The average molecular weight is 236 g/mol. The Morgan fingerprint density at radius 2 is 1.61 bits per heavy atom. The van der Waals surface area contributed by atoms with Gasteiger partial charge in [0, 0.05) is 0 Å². The molecule has 2 aromatic rings. The van der Waals surface area contributed by atoms with Gasteiger partial charge in [-0.25, -0.2) is 4.39 Å². The highest BCUT2D eigenvalue weighted by molar-refractivity contribution is 5.47. The summed E-state index contributed by atoms with van der Waals surface area (Å²) < 4.78 is 12.9. The van der Waals surface area contributed by atoms with Crippen molar-refractivity contribution in [3.05, 3.63) is 71.0 Å². The summed E-state index contributed by atoms with van der Waals surface area (Å²) in [5.41, 5.74) is 1.80. The number of hydrogen-bond donors (Lipinski definition) is 0. The van der Waals surface area contributed by atoms with Gasteiger partial charge in [-0.3, -0.25) is 0 Å². The molecule has 3 heteroatoms. The normalized spacial score (nSPS) is 11.3.